The van der Waals surface area contributed by atoms with E-state index in [2.05, 4.69) is 29.5 Å². The Balaban J connectivity index is 2.35. The third-order valence-corrected chi connectivity index (χ3v) is 4.61. The van der Waals surface area contributed by atoms with Crippen molar-refractivity contribution in [2.75, 3.05) is 11.6 Å². The van der Waals surface area contributed by atoms with Crippen LogP contribution in [0.25, 0.3) is 0 Å². The fraction of sp³-hybridized carbons (Fsp3) is 0.286. The molecule has 0 atom stereocenters. The second-order valence-corrected chi connectivity index (χ2v) is 6.75. The average molecular weight is 324 g/mol. The molecule has 0 aliphatic rings. The first-order valence-electron chi connectivity index (χ1n) is 6.22. The molecule has 0 fully saturated rings. The first-order chi connectivity index (χ1) is 9.52. The van der Waals surface area contributed by atoms with E-state index in [1.165, 1.54) is 0 Å². The minimum absolute atomic E-state index is 0.401. The molecule has 1 heterocycles. The van der Waals surface area contributed by atoms with Gasteiger partial charge in [-0.15, -0.1) is 23.1 Å². The number of benzene rings is 1. The number of anilines is 2. The van der Waals surface area contributed by atoms with Crippen molar-refractivity contribution in [2.45, 2.75) is 24.7 Å². The van der Waals surface area contributed by atoms with Crippen molar-refractivity contribution in [2.24, 2.45) is 5.73 Å². The molecule has 3 N–H and O–H groups in total. The van der Waals surface area contributed by atoms with Gasteiger partial charge in [-0.2, -0.15) is 0 Å². The maximum absolute atomic E-state index is 5.86. The first kappa shape index (κ1) is 15.3. The Morgan fingerprint density at radius 1 is 1.45 bits per heavy atom. The number of nitrogens with zero attached hydrogens (tertiary/aromatic N) is 1. The van der Waals surface area contributed by atoms with E-state index >= 15 is 0 Å². The zero-order valence-electron chi connectivity index (χ0n) is 11.6. The lowest BCUT2D eigenvalue weighted by Crippen LogP contribution is -2.13. The predicted molar refractivity (Wildman–Crippen MR) is 93.6 cm³/mol. The number of thioether (sulfide) groups is 1. The molecule has 1 aromatic carbocycles. The van der Waals surface area contributed by atoms with Gasteiger partial charge in [0.2, 0.25) is 0 Å². The average Bonchev–Trinajstić information content (AvgIpc) is 2.86. The summed E-state index contributed by atoms with van der Waals surface area (Å²) < 4.78 is 0. The van der Waals surface area contributed by atoms with Gasteiger partial charge in [-0.3, -0.25) is 0 Å². The lowest BCUT2D eigenvalue weighted by atomic mass is 10.1. The molecule has 2 rings (SSSR count). The predicted octanol–water partition coefficient (Wildman–Crippen LogP) is 4.37. The van der Waals surface area contributed by atoms with Gasteiger partial charge in [0.15, 0.2) is 5.13 Å². The van der Waals surface area contributed by atoms with Gasteiger partial charge in [-0.25, -0.2) is 4.98 Å². The maximum Gasteiger partial charge on any atom is 0.187 e. The lowest BCUT2D eigenvalue weighted by Gasteiger charge is -2.12. The highest BCUT2D eigenvalue weighted by Crippen LogP contribution is 2.31. The lowest BCUT2D eigenvalue weighted by molar-refractivity contribution is 0.834. The molecule has 20 heavy (non-hydrogen) atoms. The van der Waals surface area contributed by atoms with Crippen molar-refractivity contribution in [3.63, 3.8) is 0 Å². The number of hydrogen-bond acceptors (Lipinski definition) is 5. The Morgan fingerprint density at radius 2 is 2.20 bits per heavy atom. The van der Waals surface area contributed by atoms with Crippen molar-refractivity contribution >= 4 is 51.1 Å². The fourth-order valence-corrected chi connectivity index (χ4v) is 3.59. The quantitative estimate of drug-likeness (QED) is 0.632. The summed E-state index contributed by atoms with van der Waals surface area (Å²) >= 11 is 8.40. The SMILES string of the molecule is CSc1cccc(Nc2nc(C(C)C)cs2)c1C(N)=S. The highest BCUT2D eigenvalue weighted by atomic mass is 32.2. The molecular weight excluding hydrogens is 306 g/mol. The topological polar surface area (TPSA) is 50.9 Å². The number of nitrogens with two attached hydrogens (primary N) is 1. The van der Waals surface area contributed by atoms with Gasteiger partial charge in [0, 0.05) is 15.8 Å². The smallest absolute Gasteiger partial charge is 0.187 e. The Labute approximate surface area is 133 Å². The van der Waals surface area contributed by atoms with Crippen LogP contribution in [0.1, 0.15) is 31.0 Å². The molecule has 0 spiro atoms. The van der Waals surface area contributed by atoms with Crippen LogP contribution in [0.5, 0.6) is 0 Å². The number of nitrogens with one attached hydrogen (secondary N) is 1. The molecule has 0 aliphatic heterocycles. The van der Waals surface area contributed by atoms with Crippen LogP contribution >= 0.6 is 35.3 Å². The van der Waals surface area contributed by atoms with Gasteiger partial charge in [-0.05, 0) is 24.3 Å². The molecule has 0 saturated carbocycles. The molecular formula is C14H17N3S3. The Bertz CT molecular complexity index is 620. The van der Waals surface area contributed by atoms with Gasteiger partial charge in [0.25, 0.3) is 0 Å². The van der Waals surface area contributed by atoms with Crippen molar-refractivity contribution in [1.29, 1.82) is 0 Å². The molecule has 3 nitrogen and oxygen atoms in total. The van der Waals surface area contributed by atoms with Crippen LogP contribution in [0.4, 0.5) is 10.8 Å². The summed E-state index contributed by atoms with van der Waals surface area (Å²) in [5.74, 6) is 0.425. The molecule has 0 saturated heterocycles. The van der Waals surface area contributed by atoms with E-state index in [0.717, 1.165) is 27.0 Å². The summed E-state index contributed by atoms with van der Waals surface area (Å²) in [6.07, 6.45) is 2.02. The highest BCUT2D eigenvalue weighted by Gasteiger charge is 2.12. The van der Waals surface area contributed by atoms with E-state index < -0.39 is 0 Å². The molecule has 1 aromatic heterocycles. The monoisotopic (exact) mass is 323 g/mol. The van der Waals surface area contributed by atoms with Crippen LogP contribution in [0.3, 0.4) is 0 Å². The summed E-state index contributed by atoms with van der Waals surface area (Å²) in [5, 5.41) is 6.27. The number of hydrogen-bond donors (Lipinski definition) is 2. The van der Waals surface area contributed by atoms with Crippen molar-refractivity contribution in [3.05, 3.63) is 34.8 Å². The van der Waals surface area contributed by atoms with E-state index in [4.69, 9.17) is 18.0 Å². The van der Waals surface area contributed by atoms with Gasteiger partial charge >= 0.3 is 0 Å². The van der Waals surface area contributed by atoms with E-state index in [1.54, 1.807) is 23.1 Å². The molecule has 2 aromatic rings. The molecule has 0 amide bonds. The Kier molecular flexibility index (Phi) is 5.01. The largest absolute Gasteiger partial charge is 0.389 e. The molecule has 0 unspecified atom stereocenters. The van der Waals surface area contributed by atoms with Crippen molar-refractivity contribution in [1.82, 2.24) is 4.98 Å². The summed E-state index contributed by atoms with van der Waals surface area (Å²) in [6.45, 7) is 4.27. The Hall–Kier alpha value is -1.11. The molecule has 0 bridgehead atoms. The highest BCUT2D eigenvalue weighted by molar-refractivity contribution is 7.98. The minimum Gasteiger partial charge on any atom is -0.389 e. The summed E-state index contributed by atoms with van der Waals surface area (Å²) in [7, 11) is 0. The summed E-state index contributed by atoms with van der Waals surface area (Å²) in [5.41, 5.74) is 8.75. The first-order valence-corrected chi connectivity index (χ1v) is 8.73. The third-order valence-electron chi connectivity index (χ3n) is 2.85. The van der Waals surface area contributed by atoms with Crippen LogP contribution in [0.2, 0.25) is 0 Å². The van der Waals surface area contributed by atoms with Gasteiger partial charge < -0.3 is 11.1 Å². The Morgan fingerprint density at radius 3 is 2.75 bits per heavy atom. The number of aromatic nitrogens is 1. The summed E-state index contributed by atoms with van der Waals surface area (Å²) in [6, 6.07) is 5.99. The van der Waals surface area contributed by atoms with Crippen LogP contribution in [0.15, 0.2) is 28.5 Å². The van der Waals surface area contributed by atoms with E-state index in [1.807, 2.05) is 24.5 Å². The standard InChI is InChI=1S/C14H17N3S3/c1-8(2)10-7-20-14(17-10)16-9-5-4-6-11(19-3)12(9)13(15)18/h4-8H,1-3H3,(H2,15,18)(H,16,17). The maximum atomic E-state index is 5.86. The van der Waals surface area contributed by atoms with E-state index in [9.17, 15) is 0 Å². The summed E-state index contributed by atoms with van der Waals surface area (Å²) in [4.78, 5) is 6.05. The zero-order chi connectivity index (χ0) is 14.7. The normalized spacial score (nSPS) is 10.8. The van der Waals surface area contributed by atoms with Crippen LogP contribution < -0.4 is 11.1 Å². The molecule has 0 aliphatic carbocycles. The second-order valence-electron chi connectivity index (χ2n) is 4.60. The molecule has 0 radical (unpaired) electrons. The van der Waals surface area contributed by atoms with Crippen LogP contribution in [-0.4, -0.2) is 16.2 Å². The van der Waals surface area contributed by atoms with Gasteiger partial charge in [0.05, 0.1) is 11.4 Å². The van der Waals surface area contributed by atoms with Crippen LogP contribution in [-0.2, 0) is 0 Å². The number of rotatable bonds is 5. The van der Waals surface area contributed by atoms with Gasteiger partial charge in [-0.1, -0.05) is 32.1 Å². The van der Waals surface area contributed by atoms with E-state index in [0.29, 0.717) is 10.9 Å². The minimum atomic E-state index is 0.401. The molecule has 6 heteroatoms. The van der Waals surface area contributed by atoms with Crippen molar-refractivity contribution in [3.8, 4) is 0 Å². The third kappa shape index (κ3) is 3.31. The molecule has 106 valence electrons. The van der Waals surface area contributed by atoms with Crippen LogP contribution in [0, 0.1) is 0 Å². The van der Waals surface area contributed by atoms with E-state index in [-0.39, 0.29) is 0 Å². The number of thiazole rings is 1. The number of thiocarbonyl (C=S) groups is 1. The van der Waals surface area contributed by atoms with Crippen molar-refractivity contribution < 1.29 is 0 Å². The van der Waals surface area contributed by atoms with Gasteiger partial charge in [0.1, 0.15) is 4.99 Å². The zero-order valence-corrected chi connectivity index (χ0v) is 14.1. The second kappa shape index (κ2) is 6.56. The fourth-order valence-electron chi connectivity index (χ4n) is 1.78.